The summed E-state index contributed by atoms with van der Waals surface area (Å²) < 4.78 is 1.07. The van der Waals surface area contributed by atoms with Crippen LogP contribution in [0.25, 0.3) is 27.1 Å². The van der Waals surface area contributed by atoms with Gasteiger partial charge in [0.05, 0.1) is 5.52 Å². The monoisotopic (exact) mass is 477 g/mol. The van der Waals surface area contributed by atoms with Crippen molar-refractivity contribution < 1.29 is 9.59 Å². The number of nitrogens with zero attached hydrogens (tertiary/aromatic N) is 4. The first-order valence-corrected chi connectivity index (χ1v) is 11.6. The molecule has 2 N–H and O–H groups in total. The topological polar surface area (TPSA) is 92.4 Å². The second kappa shape index (κ2) is 8.80. The molecule has 2 aromatic heterocycles. The molecule has 1 fully saturated rings. The number of hydrogen-bond donors (Lipinski definition) is 1. The van der Waals surface area contributed by atoms with Gasteiger partial charge in [0.25, 0.3) is 0 Å². The van der Waals surface area contributed by atoms with Crippen molar-refractivity contribution in [3.8, 4) is 0 Å². The maximum atomic E-state index is 12.7. The third kappa shape index (κ3) is 4.53. The number of anilines is 1. The first-order valence-electron chi connectivity index (χ1n) is 10.4. The quantitative estimate of drug-likeness (QED) is 0.449. The van der Waals surface area contributed by atoms with E-state index in [4.69, 9.17) is 17.3 Å². The predicted molar refractivity (Wildman–Crippen MR) is 132 cm³/mol. The summed E-state index contributed by atoms with van der Waals surface area (Å²) in [7, 11) is 0. The van der Waals surface area contributed by atoms with Gasteiger partial charge in [0, 0.05) is 45.7 Å². The summed E-state index contributed by atoms with van der Waals surface area (Å²) in [5.41, 5.74) is 7.58. The van der Waals surface area contributed by atoms with Crippen LogP contribution in [-0.2, 0) is 16.1 Å². The lowest BCUT2D eigenvalue weighted by Crippen LogP contribution is -2.51. The molecule has 0 aliphatic carbocycles. The van der Waals surface area contributed by atoms with Gasteiger partial charge in [-0.2, -0.15) is 0 Å². The van der Waals surface area contributed by atoms with Crippen molar-refractivity contribution in [2.24, 2.45) is 0 Å². The summed E-state index contributed by atoms with van der Waals surface area (Å²) in [6.07, 6.45) is 4.75. The smallest absolute Gasteiger partial charge is 0.247 e. The van der Waals surface area contributed by atoms with Crippen LogP contribution in [0.15, 0.2) is 54.9 Å². The number of thiophene rings is 1. The van der Waals surface area contributed by atoms with Gasteiger partial charge in [-0.3, -0.25) is 9.59 Å². The van der Waals surface area contributed by atoms with Gasteiger partial charge in [0.15, 0.2) is 0 Å². The van der Waals surface area contributed by atoms with Gasteiger partial charge < -0.3 is 15.5 Å². The molecule has 9 heteroatoms. The van der Waals surface area contributed by atoms with Gasteiger partial charge in [-0.05, 0) is 47.4 Å². The van der Waals surface area contributed by atoms with Crippen molar-refractivity contribution in [2.45, 2.75) is 6.54 Å². The minimum atomic E-state index is -0.170. The second-order valence-electron chi connectivity index (χ2n) is 7.85. The van der Waals surface area contributed by atoms with Crippen LogP contribution in [-0.4, -0.2) is 51.2 Å². The summed E-state index contributed by atoms with van der Waals surface area (Å²) >= 11 is 7.62. The highest BCUT2D eigenvalue weighted by atomic mass is 35.5. The molecule has 166 valence electrons. The largest absolute Gasteiger partial charge is 0.383 e. The summed E-state index contributed by atoms with van der Waals surface area (Å²) in [5, 5.41) is 2.56. The molecule has 5 rings (SSSR count). The highest BCUT2D eigenvalue weighted by Crippen LogP contribution is 2.29. The number of amides is 2. The lowest BCUT2D eigenvalue weighted by Gasteiger charge is -2.34. The molecule has 1 aliphatic rings. The fraction of sp³-hybridized carbons (Fsp3) is 0.167. The van der Waals surface area contributed by atoms with Crippen LogP contribution in [0, 0.1) is 0 Å². The Balaban J connectivity index is 1.22. The minimum absolute atomic E-state index is 0.0634. The zero-order valence-corrected chi connectivity index (χ0v) is 19.1. The van der Waals surface area contributed by atoms with Crippen molar-refractivity contribution in [3.05, 3.63) is 70.3 Å². The van der Waals surface area contributed by atoms with Crippen LogP contribution in [0.1, 0.15) is 10.4 Å². The van der Waals surface area contributed by atoms with Gasteiger partial charge in [0.1, 0.15) is 18.7 Å². The van der Waals surface area contributed by atoms with Gasteiger partial charge in [0.2, 0.25) is 11.8 Å². The van der Waals surface area contributed by atoms with E-state index in [0.29, 0.717) is 30.5 Å². The number of fused-ring (bicyclic) bond motifs is 2. The number of rotatable bonds is 4. The lowest BCUT2D eigenvalue weighted by atomic mass is 10.1. The summed E-state index contributed by atoms with van der Waals surface area (Å²) in [4.78, 5) is 37.9. The SMILES string of the molecule is Nc1ncnc2cc(CN3CCN(C(=O)/C=C/c4cc5ccc(Cl)cc5s4)CC3=O)ccc12. The fourth-order valence-electron chi connectivity index (χ4n) is 3.87. The third-order valence-corrected chi connectivity index (χ3v) is 6.93. The Morgan fingerprint density at radius 2 is 2.03 bits per heavy atom. The number of hydrogen-bond acceptors (Lipinski definition) is 6. The van der Waals surface area contributed by atoms with E-state index >= 15 is 0 Å². The third-order valence-electron chi connectivity index (χ3n) is 5.63. The van der Waals surface area contributed by atoms with E-state index in [9.17, 15) is 9.59 Å². The predicted octanol–water partition coefficient (Wildman–Crippen LogP) is 3.96. The second-order valence-corrected chi connectivity index (χ2v) is 9.40. The fourth-order valence-corrected chi connectivity index (χ4v) is 5.12. The van der Waals surface area contributed by atoms with E-state index in [0.717, 1.165) is 31.4 Å². The van der Waals surface area contributed by atoms with Gasteiger partial charge >= 0.3 is 0 Å². The Labute approximate surface area is 199 Å². The lowest BCUT2D eigenvalue weighted by molar-refractivity contribution is -0.143. The molecule has 7 nitrogen and oxygen atoms in total. The molecule has 1 aliphatic heterocycles. The zero-order chi connectivity index (χ0) is 22.9. The number of carbonyl (C=O) groups excluding carboxylic acids is 2. The molecule has 0 saturated carbocycles. The van der Waals surface area contributed by atoms with Crippen molar-refractivity contribution in [2.75, 3.05) is 25.4 Å². The summed E-state index contributed by atoms with van der Waals surface area (Å²) in [6.45, 7) is 1.48. The van der Waals surface area contributed by atoms with Gasteiger partial charge in [-0.25, -0.2) is 9.97 Å². The highest BCUT2D eigenvalue weighted by Gasteiger charge is 2.26. The van der Waals surface area contributed by atoms with Crippen LogP contribution >= 0.6 is 22.9 Å². The number of aromatic nitrogens is 2. The minimum Gasteiger partial charge on any atom is -0.383 e. The molecular formula is C24H20ClN5O2S. The highest BCUT2D eigenvalue weighted by molar-refractivity contribution is 7.19. The Bertz CT molecular complexity index is 1420. The van der Waals surface area contributed by atoms with Crippen LogP contribution in [0.5, 0.6) is 0 Å². The number of benzene rings is 2. The first kappa shape index (κ1) is 21.4. The molecule has 4 aromatic rings. The maximum absolute atomic E-state index is 12.7. The van der Waals surface area contributed by atoms with E-state index in [1.54, 1.807) is 27.2 Å². The van der Waals surface area contributed by atoms with E-state index in [-0.39, 0.29) is 18.4 Å². The van der Waals surface area contributed by atoms with Gasteiger partial charge in [-0.15, -0.1) is 11.3 Å². The molecule has 0 bridgehead atoms. The molecule has 1 saturated heterocycles. The Morgan fingerprint density at radius 1 is 1.15 bits per heavy atom. The Hall–Kier alpha value is -3.49. The average molecular weight is 478 g/mol. The first-order chi connectivity index (χ1) is 16.0. The Morgan fingerprint density at radius 3 is 2.88 bits per heavy atom. The molecule has 0 atom stereocenters. The molecule has 0 spiro atoms. The zero-order valence-electron chi connectivity index (χ0n) is 17.6. The van der Waals surface area contributed by atoms with Crippen molar-refractivity contribution in [1.82, 2.24) is 19.8 Å². The van der Waals surface area contributed by atoms with Crippen LogP contribution < -0.4 is 5.73 Å². The summed E-state index contributed by atoms with van der Waals surface area (Å²) in [6, 6.07) is 13.5. The maximum Gasteiger partial charge on any atom is 0.247 e. The molecule has 33 heavy (non-hydrogen) atoms. The van der Waals surface area contributed by atoms with E-state index in [1.165, 1.54) is 12.4 Å². The van der Waals surface area contributed by atoms with Crippen LogP contribution in [0.4, 0.5) is 5.82 Å². The molecule has 0 unspecified atom stereocenters. The summed E-state index contributed by atoms with van der Waals surface area (Å²) in [5.74, 6) is 0.181. The van der Waals surface area contributed by atoms with Crippen molar-refractivity contribution in [3.63, 3.8) is 0 Å². The molecule has 3 heterocycles. The number of piperazine rings is 1. The standard InChI is InChI=1S/C24H20ClN5O2S/c25-17-3-2-16-10-18(33-21(16)11-17)4-6-22(31)30-8-7-29(23(32)13-30)12-15-1-5-19-20(9-15)27-14-28-24(19)26/h1-6,9-11,14H,7-8,12-13H2,(H2,26,27,28)/b6-4+. The molecule has 0 radical (unpaired) electrons. The van der Waals surface area contributed by atoms with Crippen molar-refractivity contribution >= 4 is 67.6 Å². The van der Waals surface area contributed by atoms with Gasteiger partial charge in [-0.1, -0.05) is 23.7 Å². The normalized spacial score (nSPS) is 14.6. The molecule has 2 amide bonds. The molecular weight excluding hydrogens is 458 g/mol. The van der Waals surface area contributed by atoms with E-state index in [1.807, 2.05) is 42.5 Å². The van der Waals surface area contributed by atoms with Crippen molar-refractivity contribution in [1.29, 1.82) is 0 Å². The molecule has 2 aromatic carbocycles. The number of nitrogen functional groups attached to an aromatic ring is 1. The van der Waals surface area contributed by atoms with Crippen LogP contribution in [0.3, 0.4) is 0 Å². The Kier molecular flexibility index (Phi) is 5.70. The van der Waals surface area contributed by atoms with Crippen LogP contribution in [0.2, 0.25) is 5.02 Å². The van der Waals surface area contributed by atoms with E-state index < -0.39 is 0 Å². The number of nitrogens with two attached hydrogens (primary N) is 1. The number of halogens is 1. The number of carbonyl (C=O) groups is 2. The average Bonchev–Trinajstić information content (AvgIpc) is 3.21. The van der Waals surface area contributed by atoms with E-state index in [2.05, 4.69) is 9.97 Å².